The molecule has 0 saturated heterocycles. The van der Waals surface area contributed by atoms with Gasteiger partial charge in [0.1, 0.15) is 23.4 Å². The molecule has 6 heteroatoms. The summed E-state index contributed by atoms with van der Waals surface area (Å²) < 4.78 is 0. The number of hydrogen-bond acceptors (Lipinski definition) is 6. The van der Waals surface area contributed by atoms with Crippen LogP contribution in [0.3, 0.4) is 0 Å². The van der Waals surface area contributed by atoms with E-state index < -0.39 is 29.5 Å². The van der Waals surface area contributed by atoms with Gasteiger partial charge in [0, 0.05) is 0 Å². The maximum atomic E-state index is 10.3. The zero-order valence-electron chi connectivity index (χ0n) is 8.95. The summed E-state index contributed by atoms with van der Waals surface area (Å²) in [6.45, 7) is 3.30. The molecule has 0 aliphatic heterocycles. The van der Waals surface area contributed by atoms with Gasteiger partial charge in [-0.2, -0.15) is 0 Å². The van der Waals surface area contributed by atoms with Crippen LogP contribution in [0.2, 0.25) is 0 Å². The maximum Gasteiger partial charge on any atom is 0.151 e. The van der Waals surface area contributed by atoms with Crippen LogP contribution in [-0.4, -0.2) is 61.3 Å². The Kier molecular flexibility index (Phi) is 4.38. The van der Waals surface area contributed by atoms with Gasteiger partial charge in [0.05, 0.1) is 6.10 Å². The van der Waals surface area contributed by atoms with Crippen molar-refractivity contribution in [2.75, 3.05) is 0 Å². The molecule has 0 rings (SSSR count). The minimum absolute atomic E-state index is 0.0430. The Balaban J connectivity index is 4.98. The second-order valence-electron chi connectivity index (χ2n) is 4.11. The number of aldehydes is 1. The molecule has 0 bridgehead atoms. The number of aliphatic hydroxyl groups is 5. The van der Waals surface area contributed by atoms with Crippen molar-refractivity contribution in [2.45, 2.75) is 50.3 Å². The lowest BCUT2D eigenvalue weighted by Crippen LogP contribution is -2.63. The van der Waals surface area contributed by atoms with Crippen LogP contribution in [0.4, 0.5) is 0 Å². The molecule has 0 aliphatic rings. The van der Waals surface area contributed by atoms with Gasteiger partial charge >= 0.3 is 0 Å². The van der Waals surface area contributed by atoms with Crippen molar-refractivity contribution in [3.05, 3.63) is 0 Å². The average Bonchev–Trinajstić information content (AvgIpc) is 2.14. The molecular formula is C9H18O6. The van der Waals surface area contributed by atoms with E-state index in [9.17, 15) is 25.2 Å². The Hall–Kier alpha value is -0.530. The minimum atomic E-state index is -2.23. The van der Waals surface area contributed by atoms with Gasteiger partial charge in [-0.05, 0) is 20.8 Å². The summed E-state index contributed by atoms with van der Waals surface area (Å²) in [4.78, 5) is 10.3. The molecular weight excluding hydrogens is 204 g/mol. The number of carbonyl (C=O) groups excluding carboxylic acids is 1. The second kappa shape index (κ2) is 4.54. The molecule has 0 saturated carbocycles. The first-order valence-corrected chi connectivity index (χ1v) is 4.52. The highest BCUT2D eigenvalue weighted by molar-refractivity contribution is 5.58. The van der Waals surface area contributed by atoms with E-state index in [4.69, 9.17) is 5.11 Å². The van der Waals surface area contributed by atoms with Crippen molar-refractivity contribution in [3.63, 3.8) is 0 Å². The highest BCUT2D eigenvalue weighted by Gasteiger charge is 2.49. The van der Waals surface area contributed by atoms with Crippen molar-refractivity contribution >= 4 is 6.29 Å². The third-order valence-electron chi connectivity index (χ3n) is 2.68. The number of carbonyl (C=O) groups is 1. The fourth-order valence-corrected chi connectivity index (χ4v) is 1.12. The fraction of sp³-hybridized carbons (Fsp3) is 0.889. The lowest BCUT2D eigenvalue weighted by atomic mass is 9.80. The molecule has 0 spiro atoms. The number of hydrogen-bond donors (Lipinski definition) is 5. The summed E-state index contributed by atoms with van der Waals surface area (Å²) in [5.74, 6) is 0. The minimum Gasteiger partial charge on any atom is -0.390 e. The predicted molar refractivity (Wildman–Crippen MR) is 51.0 cm³/mol. The fourth-order valence-electron chi connectivity index (χ4n) is 1.12. The zero-order chi connectivity index (χ0) is 12.4. The molecule has 0 amide bonds. The highest BCUT2D eigenvalue weighted by Crippen LogP contribution is 2.26. The quantitative estimate of drug-likeness (QED) is 0.337. The van der Waals surface area contributed by atoms with Gasteiger partial charge in [0.25, 0.3) is 0 Å². The van der Waals surface area contributed by atoms with Gasteiger partial charge in [-0.25, -0.2) is 0 Å². The Morgan fingerprint density at radius 1 is 1.07 bits per heavy atom. The van der Waals surface area contributed by atoms with E-state index in [-0.39, 0.29) is 6.29 Å². The van der Waals surface area contributed by atoms with E-state index >= 15 is 0 Å². The first kappa shape index (κ1) is 14.5. The van der Waals surface area contributed by atoms with E-state index in [1.54, 1.807) is 0 Å². The predicted octanol–water partition coefficient (Wildman–Crippen LogP) is -2.21. The van der Waals surface area contributed by atoms with Gasteiger partial charge in [-0.3, -0.25) is 0 Å². The Bertz CT molecular complexity index is 223. The molecule has 5 N–H and O–H groups in total. The van der Waals surface area contributed by atoms with Gasteiger partial charge in [-0.15, -0.1) is 0 Å². The average molecular weight is 222 g/mol. The molecule has 0 fully saturated rings. The molecule has 0 radical (unpaired) electrons. The van der Waals surface area contributed by atoms with Crippen LogP contribution in [0.1, 0.15) is 20.8 Å². The highest BCUT2D eigenvalue weighted by atomic mass is 16.4. The molecule has 0 aromatic rings. The topological polar surface area (TPSA) is 118 Å². The summed E-state index contributed by atoms with van der Waals surface area (Å²) in [5, 5.41) is 47.2. The first-order chi connectivity index (χ1) is 6.58. The molecule has 15 heavy (non-hydrogen) atoms. The first-order valence-electron chi connectivity index (χ1n) is 4.52. The van der Waals surface area contributed by atoms with Crippen LogP contribution in [0.15, 0.2) is 0 Å². The molecule has 0 aliphatic carbocycles. The van der Waals surface area contributed by atoms with Gasteiger partial charge in [0.15, 0.2) is 6.29 Å². The Morgan fingerprint density at radius 3 is 1.73 bits per heavy atom. The third kappa shape index (κ3) is 2.73. The third-order valence-corrected chi connectivity index (χ3v) is 2.68. The van der Waals surface area contributed by atoms with Gasteiger partial charge in [0.2, 0.25) is 0 Å². The van der Waals surface area contributed by atoms with Crippen LogP contribution in [0.25, 0.3) is 0 Å². The monoisotopic (exact) mass is 222 g/mol. The molecule has 1 unspecified atom stereocenters. The SMILES string of the molecule is CC(O)[C@@](C)(O)[C@@H](O)[C@](C)(O)[C@@H](O)C=O. The standard InChI is InChI=1S/C9H18O6/c1-5(11)8(2,14)7(13)9(3,15)6(12)4-10/h4-7,11-15H,1-3H3/t5?,6-,7+,8+,9+/m0/s1. The second-order valence-corrected chi connectivity index (χ2v) is 4.11. The normalized spacial score (nSPS) is 25.9. The summed E-state index contributed by atoms with van der Waals surface area (Å²) >= 11 is 0. The molecule has 5 atom stereocenters. The lowest BCUT2D eigenvalue weighted by Gasteiger charge is -2.41. The molecule has 0 aromatic heterocycles. The van der Waals surface area contributed by atoms with E-state index in [2.05, 4.69) is 0 Å². The summed E-state index contributed by atoms with van der Waals surface area (Å²) in [7, 11) is 0. The number of aliphatic hydroxyl groups excluding tert-OH is 3. The smallest absolute Gasteiger partial charge is 0.151 e. The summed E-state index contributed by atoms with van der Waals surface area (Å²) in [6, 6.07) is 0. The van der Waals surface area contributed by atoms with Crippen LogP contribution < -0.4 is 0 Å². The lowest BCUT2D eigenvalue weighted by molar-refractivity contribution is -0.216. The van der Waals surface area contributed by atoms with E-state index in [0.717, 1.165) is 13.8 Å². The van der Waals surface area contributed by atoms with Crippen LogP contribution >= 0.6 is 0 Å². The van der Waals surface area contributed by atoms with Crippen molar-refractivity contribution < 1.29 is 30.3 Å². The molecule has 0 aromatic carbocycles. The molecule has 0 heterocycles. The molecule has 90 valence electrons. The van der Waals surface area contributed by atoms with Gasteiger partial charge < -0.3 is 30.3 Å². The van der Waals surface area contributed by atoms with E-state index in [0.29, 0.717) is 0 Å². The van der Waals surface area contributed by atoms with Crippen molar-refractivity contribution in [2.24, 2.45) is 0 Å². The van der Waals surface area contributed by atoms with Crippen LogP contribution in [0, 0.1) is 0 Å². The Morgan fingerprint density at radius 2 is 1.47 bits per heavy atom. The van der Waals surface area contributed by atoms with Gasteiger partial charge in [-0.1, -0.05) is 0 Å². The van der Waals surface area contributed by atoms with Crippen LogP contribution in [0.5, 0.6) is 0 Å². The van der Waals surface area contributed by atoms with E-state index in [1.165, 1.54) is 6.92 Å². The summed E-state index contributed by atoms with van der Waals surface area (Å²) in [5.41, 5.74) is -4.27. The van der Waals surface area contributed by atoms with Crippen LogP contribution in [-0.2, 0) is 4.79 Å². The largest absolute Gasteiger partial charge is 0.390 e. The number of rotatable bonds is 5. The summed E-state index contributed by atoms with van der Waals surface area (Å²) in [6.07, 6.45) is -5.01. The van der Waals surface area contributed by atoms with Crippen molar-refractivity contribution in [1.82, 2.24) is 0 Å². The Labute approximate surface area is 87.8 Å². The maximum absolute atomic E-state index is 10.3. The van der Waals surface area contributed by atoms with Crippen molar-refractivity contribution in [1.29, 1.82) is 0 Å². The van der Waals surface area contributed by atoms with E-state index in [1.807, 2.05) is 0 Å². The zero-order valence-corrected chi connectivity index (χ0v) is 8.95. The molecule has 6 nitrogen and oxygen atoms in total. The van der Waals surface area contributed by atoms with Crippen molar-refractivity contribution in [3.8, 4) is 0 Å².